The molecular weight excluding hydrogens is 262 g/mol. The van der Waals surface area contributed by atoms with Crippen LogP contribution in [0, 0.1) is 18.8 Å². The van der Waals surface area contributed by atoms with Gasteiger partial charge < -0.3 is 10.4 Å². The summed E-state index contributed by atoms with van der Waals surface area (Å²) >= 11 is 1.30. The molecule has 0 aliphatic carbocycles. The molecule has 6 heteroatoms. The van der Waals surface area contributed by atoms with E-state index in [1.165, 1.54) is 11.3 Å². The third-order valence-corrected chi connectivity index (χ3v) is 3.53. The fourth-order valence-corrected chi connectivity index (χ4v) is 2.44. The third-order valence-electron chi connectivity index (χ3n) is 2.38. The van der Waals surface area contributed by atoms with E-state index >= 15 is 0 Å². The predicted molar refractivity (Wildman–Crippen MR) is 74.2 cm³/mol. The molecule has 1 amide bonds. The zero-order valence-electron chi connectivity index (χ0n) is 10.6. The molecule has 0 aliphatic rings. The van der Waals surface area contributed by atoms with Crippen LogP contribution in [0.3, 0.4) is 0 Å². The van der Waals surface area contributed by atoms with Crippen LogP contribution in [0.4, 0.5) is 5.82 Å². The van der Waals surface area contributed by atoms with E-state index < -0.39 is 0 Å². The predicted octanol–water partition coefficient (Wildman–Crippen LogP) is 1.39. The molecular formula is C13H13N3O2S. The Bertz CT molecular complexity index is 661. The number of aromatic nitrogens is 2. The topological polar surface area (TPSA) is 67.2 Å². The van der Waals surface area contributed by atoms with Gasteiger partial charge in [0.2, 0.25) is 0 Å². The van der Waals surface area contributed by atoms with Gasteiger partial charge >= 0.3 is 0 Å². The van der Waals surface area contributed by atoms with Gasteiger partial charge in [-0.1, -0.05) is 11.8 Å². The first-order valence-electron chi connectivity index (χ1n) is 5.61. The number of carbonyl (C=O) groups excluding carboxylic acids is 1. The lowest BCUT2D eigenvalue weighted by Crippen LogP contribution is -2.10. The summed E-state index contributed by atoms with van der Waals surface area (Å²) in [6.07, 6.45) is 1.76. The summed E-state index contributed by atoms with van der Waals surface area (Å²) in [5, 5.41) is 15.5. The number of nitrogens with one attached hydrogen (secondary N) is 1. The minimum absolute atomic E-state index is 0.188. The van der Waals surface area contributed by atoms with Crippen molar-refractivity contribution in [1.29, 1.82) is 0 Å². The van der Waals surface area contributed by atoms with Gasteiger partial charge in [-0.05, 0) is 18.6 Å². The van der Waals surface area contributed by atoms with E-state index in [1.807, 2.05) is 6.92 Å². The van der Waals surface area contributed by atoms with Crippen LogP contribution < -0.4 is 5.32 Å². The van der Waals surface area contributed by atoms with Crippen molar-refractivity contribution in [3.05, 3.63) is 33.6 Å². The lowest BCUT2D eigenvalue weighted by atomic mass is 10.2. The molecule has 98 valence electrons. The molecule has 2 aromatic heterocycles. The summed E-state index contributed by atoms with van der Waals surface area (Å²) in [5.41, 5.74) is 0.928. The number of amides is 1. The molecule has 2 N–H and O–H groups in total. The van der Waals surface area contributed by atoms with E-state index in [9.17, 15) is 4.79 Å². The Morgan fingerprint density at radius 3 is 3.05 bits per heavy atom. The third kappa shape index (κ3) is 3.22. The maximum atomic E-state index is 12.0. The fourth-order valence-electron chi connectivity index (χ4n) is 1.50. The first-order chi connectivity index (χ1) is 9.10. The molecule has 0 radical (unpaired) electrons. The monoisotopic (exact) mass is 275 g/mol. The van der Waals surface area contributed by atoms with Crippen LogP contribution in [0.2, 0.25) is 0 Å². The SMILES string of the molecule is Cc1cc(C(=O)Nc2ccn(C)n2)sc1C#CCO. The highest BCUT2D eigenvalue weighted by molar-refractivity contribution is 7.14. The molecule has 2 rings (SSSR count). The molecule has 0 saturated carbocycles. The van der Waals surface area contributed by atoms with E-state index in [0.717, 1.165) is 10.4 Å². The largest absolute Gasteiger partial charge is 0.384 e. The van der Waals surface area contributed by atoms with Gasteiger partial charge in [-0.3, -0.25) is 9.48 Å². The number of rotatable bonds is 2. The number of nitrogens with zero attached hydrogens (tertiary/aromatic N) is 2. The number of anilines is 1. The Balaban J connectivity index is 2.15. The Kier molecular flexibility index (Phi) is 4.00. The Morgan fingerprint density at radius 2 is 2.42 bits per heavy atom. The number of aliphatic hydroxyl groups is 1. The number of hydrogen-bond acceptors (Lipinski definition) is 4. The summed E-state index contributed by atoms with van der Waals surface area (Å²) in [5.74, 6) is 5.71. The van der Waals surface area contributed by atoms with Gasteiger partial charge in [0.1, 0.15) is 6.61 Å². The summed E-state index contributed by atoms with van der Waals surface area (Å²) in [6.45, 7) is 1.70. The molecule has 19 heavy (non-hydrogen) atoms. The second kappa shape index (κ2) is 5.69. The van der Waals surface area contributed by atoms with Crippen LogP contribution in [0.25, 0.3) is 0 Å². The fraction of sp³-hybridized carbons (Fsp3) is 0.231. The average Bonchev–Trinajstić information content (AvgIpc) is 2.93. The standard InChI is InChI=1S/C13H13N3O2S/c1-9-8-11(19-10(9)4-3-7-17)13(18)14-12-5-6-16(2)15-12/h5-6,8,17H,7H2,1-2H3,(H,14,15,18). The molecule has 2 aromatic rings. The molecule has 0 unspecified atom stereocenters. The Hall–Kier alpha value is -2.10. The first kappa shape index (κ1) is 13.3. The van der Waals surface area contributed by atoms with Crippen LogP contribution in [0.5, 0.6) is 0 Å². The molecule has 2 heterocycles. The number of hydrogen-bond donors (Lipinski definition) is 2. The zero-order valence-corrected chi connectivity index (χ0v) is 11.4. The van der Waals surface area contributed by atoms with Gasteiger partial charge in [-0.2, -0.15) is 5.10 Å². The number of carbonyl (C=O) groups is 1. The lowest BCUT2D eigenvalue weighted by Gasteiger charge is -1.97. The van der Waals surface area contributed by atoms with Crippen molar-refractivity contribution in [2.75, 3.05) is 11.9 Å². The lowest BCUT2D eigenvalue weighted by molar-refractivity contribution is 0.103. The molecule has 0 aliphatic heterocycles. The molecule has 0 aromatic carbocycles. The molecule has 0 saturated heterocycles. The highest BCUT2D eigenvalue weighted by Crippen LogP contribution is 2.21. The van der Waals surface area contributed by atoms with Crippen molar-refractivity contribution < 1.29 is 9.90 Å². The Morgan fingerprint density at radius 1 is 1.63 bits per heavy atom. The quantitative estimate of drug-likeness (QED) is 0.814. The second-order valence-corrected chi connectivity index (χ2v) is 4.96. The second-order valence-electron chi connectivity index (χ2n) is 3.91. The summed E-state index contributed by atoms with van der Waals surface area (Å²) < 4.78 is 1.62. The molecule has 0 atom stereocenters. The normalized spacial score (nSPS) is 9.84. The van der Waals surface area contributed by atoms with E-state index in [-0.39, 0.29) is 12.5 Å². The minimum atomic E-state index is -0.205. The van der Waals surface area contributed by atoms with E-state index in [4.69, 9.17) is 5.11 Å². The van der Waals surface area contributed by atoms with Crippen molar-refractivity contribution in [2.24, 2.45) is 7.05 Å². The van der Waals surface area contributed by atoms with Crippen molar-refractivity contribution in [2.45, 2.75) is 6.92 Å². The maximum absolute atomic E-state index is 12.0. The zero-order chi connectivity index (χ0) is 13.8. The van der Waals surface area contributed by atoms with Crippen molar-refractivity contribution in [3.8, 4) is 11.8 Å². The highest BCUT2D eigenvalue weighted by Gasteiger charge is 2.12. The van der Waals surface area contributed by atoms with Crippen LogP contribution in [0.15, 0.2) is 18.3 Å². The molecule has 0 bridgehead atoms. The Labute approximate surface area is 114 Å². The van der Waals surface area contributed by atoms with Gasteiger partial charge in [0.25, 0.3) is 5.91 Å². The first-order valence-corrected chi connectivity index (χ1v) is 6.43. The van der Waals surface area contributed by atoms with Crippen molar-refractivity contribution in [3.63, 3.8) is 0 Å². The average molecular weight is 275 g/mol. The number of aliphatic hydroxyl groups excluding tert-OH is 1. The van der Waals surface area contributed by atoms with E-state index in [1.54, 1.807) is 30.1 Å². The van der Waals surface area contributed by atoms with E-state index in [0.29, 0.717) is 10.7 Å². The van der Waals surface area contributed by atoms with Crippen LogP contribution in [-0.4, -0.2) is 27.4 Å². The van der Waals surface area contributed by atoms with Crippen LogP contribution in [-0.2, 0) is 7.05 Å². The van der Waals surface area contributed by atoms with Gasteiger partial charge in [-0.15, -0.1) is 11.3 Å². The smallest absolute Gasteiger partial charge is 0.266 e. The molecule has 5 nitrogen and oxygen atoms in total. The highest BCUT2D eigenvalue weighted by atomic mass is 32.1. The van der Waals surface area contributed by atoms with E-state index in [2.05, 4.69) is 22.3 Å². The maximum Gasteiger partial charge on any atom is 0.266 e. The minimum Gasteiger partial charge on any atom is -0.384 e. The van der Waals surface area contributed by atoms with Gasteiger partial charge in [0.15, 0.2) is 5.82 Å². The van der Waals surface area contributed by atoms with Gasteiger partial charge in [-0.25, -0.2) is 0 Å². The summed E-state index contributed by atoms with van der Waals surface area (Å²) in [4.78, 5) is 13.4. The van der Waals surface area contributed by atoms with Crippen LogP contribution >= 0.6 is 11.3 Å². The van der Waals surface area contributed by atoms with Crippen molar-refractivity contribution >= 4 is 23.1 Å². The number of aryl methyl sites for hydroxylation is 2. The van der Waals surface area contributed by atoms with Crippen molar-refractivity contribution in [1.82, 2.24) is 9.78 Å². The molecule has 0 fully saturated rings. The van der Waals surface area contributed by atoms with Crippen LogP contribution in [0.1, 0.15) is 20.1 Å². The number of thiophene rings is 1. The van der Waals surface area contributed by atoms with Gasteiger partial charge in [0.05, 0.1) is 9.75 Å². The summed E-state index contributed by atoms with van der Waals surface area (Å²) in [7, 11) is 1.79. The van der Waals surface area contributed by atoms with Gasteiger partial charge in [0, 0.05) is 19.3 Å². The molecule has 0 spiro atoms. The summed E-state index contributed by atoms with van der Waals surface area (Å²) in [6, 6.07) is 3.51.